The van der Waals surface area contributed by atoms with Crippen LogP contribution < -0.4 is 19.5 Å². The van der Waals surface area contributed by atoms with Gasteiger partial charge in [-0.05, 0) is 55.8 Å². The van der Waals surface area contributed by atoms with Gasteiger partial charge in [0, 0.05) is 29.8 Å². The summed E-state index contributed by atoms with van der Waals surface area (Å²) in [6.45, 7) is -0.152. The minimum atomic E-state index is -4.79. The molecule has 7 nitrogen and oxygen atoms in total. The minimum Gasteiger partial charge on any atom is -0.471 e. The number of halogens is 6. The lowest BCUT2D eigenvalue weighted by molar-refractivity contribution is -0.137. The maximum Gasteiger partial charge on any atom is 0.416 e. The van der Waals surface area contributed by atoms with Gasteiger partial charge in [0.05, 0.1) is 17.0 Å². The summed E-state index contributed by atoms with van der Waals surface area (Å²) >= 11 is 0. The van der Waals surface area contributed by atoms with Crippen molar-refractivity contribution in [1.82, 2.24) is 4.98 Å². The summed E-state index contributed by atoms with van der Waals surface area (Å²) in [5, 5.41) is 0. The van der Waals surface area contributed by atoms with Gasteiger partial charge in [-0.2, -0.15) is 22.0 Å². The van der Waals surface area contributed by atoms with E-state index in [2.05, 4.69) is 9.72 Å². The second-order valence-electron chi connectivity index (χ2n) is 9.60. The van der Waals surface area contributed by atoms with Crippen LogP contribution in [-0.4, -0.2) is 38.2 Å². The summed E-state index contributed by atoms with van der Waals surface area (Å²) < 4.78 is 118. The second kappa shape index (κ2) is 10.2. The van der Waals surface area contributed by atoms with Crippen molar-refractivity contribution in [1.29, 1.82) is 0 Å². The average molecular weight is 576 g/mol. The molecule has 1 aromatic heterocycles. The zero-order valence-electron chi connectivity index (χ0n) is 20.5. The first-order valence-electron chi connectivity index (χ1n) is 11.4. The predicted molar refractivity (Wildman–Crippen MR) is 130 cm³/mol. The molecule has 3 aromatic rings. The Labute approximate surface area is 220 Å². The van der Waals surface area contributed by atoms with Gasteiger partial charge in [0.25, 0.3) is 10.0 Å². The monoisotopic (exact) mass is 575 g/mol. The highest BCUT2D eigenvalue weighted by Gasteiger charge is 2.39. The number of alkyl halides is 5. The molecule has 0 saturated carbocycles. The number of nitrogens with two attached hydrogens (primary N) is 1. The number of aromatic nitrogens is 1. The lowest BCUT2D eigenvalue weighted by Gasteiger charge is -2.37. The van der Waals surface area contributed by atoms with Gasteiger partial charge >= 0.3 is 12.8 Å². The van der Waals surface area contributed by atoms with Crippen LogP contribution >= 0.6 is 0 Å². The highest BCUT2D eigenvalue weighted by molar-refractivity contribution is 7.92. The van der Waals surface area contributed by atoms with E-state index in [4.69, 9.17) is 10.5 Å². The number of rotatable bonds is 7. The molecule has 1 aliphatic heterocycles. The third-order valence-corrected chi connectivity index (χ3v) is 7.46. The van der Waals surface area contributed by atoms with Gasteiger partial charge < -0.3 is 15.2 Å². The van der Waals surface area contributed by atoms with Crippen molar-refractivity contribution in [2.24, 2.45) is 5.73 Å². The molecule has 0 radical (unpaired) electrons. The van der Waals surface area contributed by atoms with Gasteiger partial charge in [-0.1, -0.05) is 6.07 Å². The Hall–Kier alpha value is -3.52. The molecule has 1 atom stereocenters. The third kappa shape index (κ3) is 6.56. The van der Waals surface area contributed by atoms with Gasteiger partial charge in [-0.3, -0.25) is 4.31 Å². The number of hydrogen-bond donors (Lipinski definition) is 1. The summed E-state index contributed by atoms with van der Waals surface area (Å²) in [7, 11) is -4.60. The standard InChI is InChI=1S/C25H23F6N3O4S/c1-24(2,32)11-19-13-34(39(35,36)20-5-3-4-16(9-20)25(29,30)31)21-8-15(12-33-22(21)37-19)14-6-17(26)10-18(7-14)38-23(27)28/h3-10,12,19,23H,11,13,32H2,1-2H3/t19-/m0/s1. The average Bonchev–Trinajstić information content (AvgIpc) is 2.81. The van der Waals surface area contributed by atoms with Gasteiger partial charge in [0.1, 0.15) is 23.4 Å². The third-order valence-electron chi connectivity index (χ3n) is 5.68. The predicted octanol–water partition coefficient (Wildman–Crippen LogP) is 5.59. The Morgan fingerprint density at radius 3 is 2.49 bits per heavy atom. The fraction of sp³-hybridized carbons (Fsp3) is 0.320. The summed E-state index contributed by atoms with van der Waals surface area (Å²) in [5.41, 5.74) is 4.13. The Balaban J connectivity index is 1.83. The van der Waals surface area contributed by atoms with E-state index in [0.29, 0.717) is 6.07 Å². The van der Waals surface area contributed by atoms with Crippen LogP contribution in [0.15, 0.2) is 59.6 Å². The molecular formula is C25H23F6N3O4S. The number of benzene rings is 2. The number of ether oxygens (including phenoxy) is 2. The van der Waals surface area contributed by atoms with E-state index < -0.39 is 56.5 Å². The summed E-state index contributed by atoms with van der Waals surface area (Å²) in [5.74, 6) is -1.54. The number of sulfonamides is 1. The number of anilines is 1. The van der Waals surface area contributed by atoms with Crippen LogP contribution in [0.2, 0.25) is 0 Å². The van der Waals surface area contributed by atoms with E-state index in [1.807, 2.05) is 0 Å². The van der Waals surface area contributed by atoms with Crippen LogP contribution in [0.5, 0.6) is 11.6 Å². The number of nitrogens with zero attached hydrogens (tertiary/aromatic N) is 2. The molecule has 2 heterocycles. The van der Waals surface area contributed by atoms with Crippen LogP contribution in [0.1, 0.15) is 25.8 Å². The van der Waals surface area contributed by atoms with Crippen LogP contribution in [0.3, 0.4) is 0 Å². The molecule has 2 aromatic carbocycles. The molecule has 1 aliphatic rings. The second-order valence-corrected chi connectivity index (χ2v) is 11.5. The Morgan fingerprint density at radius 2 is 1.85 bits per heavy atom. The van der Waals surface area contributed by atoms with E-state index in [0.717, 1.165) is 40.7 Å². The van der Waals surface area contributed by atoms with Crippen molar-refractivity contribution in [3.63, 3.8) is 0 Å². The molecule has 39 heavy (non-hydrogen) atoms. The molecule has 0 fully saturated rings. The molecular weight excluding hydrogens is 552 g/mol. The van der Waals surface area contributed by atoms with E-state index in [1.54, 1.807) is 13.8 Å². The quantitative estimate of drug-likeness (QED) is 0.369. The zero-order valence-corrected chi connectivity index (χ0v) is 21.4. The summed E-state index contributed by atoms with van der Waals surface area (Å²) in [6, 6.07) is 7.37. The van der Waals surface area contributed by atoms with E-state index in [-0.39, 0.29) is 35.7 Å². The fourth-order valence-corrected chi connectivity index (χ4v) is 5.66. The minimum absolute atomic E-state index is 0.0302. The first-order valence-corrected chi connectivity index (χ1v) is 12.9. The van der Waals surface area contributed by atoms with Crippen LogP contribution in [-0.2, 0) is 16.2 Å². The van der Waals surface area contributed by atoms with Crippen LogP contribution in [0, 0.1) is 5.82 Å². The molecule has 0 aliphatic carbocycles. The Morgan fingerprint density at radius 1 is 1.13 bits per heavy atom. The van der Waals surface area contributed by atoms with Gasteiger partial charge in [0.2, 0.25) is 5.88 Å². The van der Waals surface area contributed by atoms with Gasteiger partial charge in [-0.15, -0.1) is 0 Å². The smallest absolute Gasteiger partial charge is 0.416 e. The van der Waals surface area contributed by atoms with Crippen molar-refractivity contribution in [2.45, 2.75) is 49.6 Å². The SMILES string of the molecule is CC(C)(N)C[C@H]1CN(S(=O)(=O)c2cccc(C(F)(F)F)c2)c2cc(-c3cc(F)cc(OC(F)F)c3)cnc2O1. The fourth-order valence-electron chi connectivity index (χ4n) is 4.13. The van der Waals surface area contributed by atoms with E-state index >= 15 is 0 Å². The van der Waals surface area contributed by atoms with Gasteiger partial charge in [-0.25, -0.2) is 17.8 Å². The lowest BCUT2D eigenvalue weighted by Crippen LogP contribution is -2.48. The highest BCUT2D eigenvalue weighted by Crippen LogP contribution is 2.40. The molecule has 14 heteroatoms. The van der Waals surface area contributed by atoms with Crippen molar-refractivity contribution >= 4 is 15.7 Å². The number of hydrogen-bond acceptors (Lipinski definition) is 6. The Bertz CT molecular complexity index is 1480. The molecule has 2 N–H and O–H groups in total. The normalized spacial score (nSPS) is 16.2. The number of pyridine rings is 1. The molecule has 0 unspecified atom stereocenters. The maximum atomic E-state index is 14.2. The molecule has 0 saturated heterocycles. The molecule has 0 spiro atoms. The van der Waals surface area contributed by atoms with E-state index in [9.17, 15) is 34.8 Å². The molecule has 210 valence electrons. The summed E-state index contributed by atoms with van der Waals surface area (Å²) in [4.78, 5) is 3.52. The first-order chi connectivity index (χ1) is 18.0. The molecule has 0 bridgehead atoms. The van der Waals surface area contributed by atoms with Crippen molar-refractivity contribution in [2.75, 3.05) is 10.8 Å². The van der Waals surface area contributed by atoms with E-state index in [1.165, 1.54) is 12.3 Å². The Kier molecular flexibility index (Phi) is 7.47. The van der Waals surface area contributed by atoms with Crippen molar-refractivity contribution < 1.29 is 44.2 Å². The number of fused-ring (bicyclic) bond motifs is 1. The largest absolute Gasteiger partial charge is 0.471 e. The van der Waals surface area contributed by atoms with Crippen molar-refractivity contribution in [3.05, 3.63) is 66.1 Å². The molecule has 4 rings (SSSR count). The van der Waals surface area contributed by atoms with Gasteiger partial charge in [0.15, 0.2) is 0 Å². The van der Waals surface area contributed by atoms with Crippen LogP contribution in [0.25, 0.3) is 11.1 Å². The molecule has 0 amide bonds. The maximum absolute atomic E-state index is 14.2. The lowest BCUT2D eigenvalue weighted by atomic mass is 9.97. The van der Waals surface area contributed by atoms with Crippen LogP contribution in [0.4, 0.5) is 32.0 Å². The van der Waals surface area contributed by atoms with Crippen molar-refractivity contribution in [3.8, 4) is 22.8 Å². The summed E-state index contributed by atoms with van der Waals surface area (Å²) in [6.07, 6.45) is -4.21. The zero-order chi connectivity index (χ0) is 28.8. The first kappa shape index (κ1) is 28.5. The highest BCUT2D eigenvalue weighted by atomic mass is 32.2. The topological polar surface area (TPSA) is 94.8 Å².